The van der Waals surface area contributed by atoms with Crippen LogP contribution in [-0.2, 0) is 0 Å². The molecule has 0 spiro atoms. The van der Waals surface area contributed by atoms with Crippen molar-refractivity contribution < 1.29 is 28.4 Å². The molecular weight excluding hydrogens is 853 g/mol. The Morgan fingerprint density at radius 3 is 0.725 bits per heavy atom. The third-order valence-corrected chi connectivity index (χ3v) is 12.7. The highest BCUT2D eigenvalue weighted by molar-refractivity contribution is 5.67. The van der Waals surface area contributed by atoms with Crippen LogP contribution in [0.1, 0.15) is 231 Å². The Hall–Kier alpha value is -4.86. The lowest BCUT2D eigenvalue weighted by Gasteiger charge is -2.18. The summed E-state index contributed by atoms with van der Waals surface area (Å²) in [5, 5.41) is 0. The average molecular weight is 943 g/mol. The minimum atomic E-state index is 0.402. The van der Waals surface area contributed by atoms with Gasteiger partial charge in [0.15, 0.2) is 34.5 Å². The van der Waals surface area contributed by atoms with Gasteiger partial charge in [0.05, 0.1) is 39.6 Å². The summed E-state index contributed by atoms with van der Waals surface area (Å²) in [5.41, 5.74) is 4.58. The van der Waals surface area contributed by atoms with Gasteiger partial charge < -0.3 is 28.4 Å². The summed E-state index contributed by atoms with van der Waals surface area (Å²) < 4.78 is 39.6. The molecule has 3 aromatic carbocycles. The van der Waals surface area contributed by atoms with Crippen molar-refractivity contribution in [3.63, 3.8) is 0 Å². The molecule has 0 aromatic heterocycles. The molecule has 0 unspecified atom stereocenters. The van der Waals surface area contributed by atoms with Gasteiger partial charge in [0.25, 0.3) is 0 Å². The van der Waals surface area contributed by atoms with Gasteiger partial charge in [-0.25, -0.2) is 0 Å². The van der Waals surface area contributed by atoms with Gasteiger partial charge in [-0.05, 0) is 56.3 Å². The summed E-state index contributed by atoms with van der Waals surface area (Å²) in [6.07, 6.45) is 23.7. The first-order valence-electron chi connectivity index (χ1n) is 27.6. The summed E-state index contributed by atoms with van der Waals surface area (Å²) in [6, 6.07) is 12.2. The van der Waals surface area contributed by atoms with Crippen molar-refractivity contribution in [2.75, 3.05) is 39.6 Å². The molecule has 0 heterocycles. The number of benzene rings is 3. The van der Waals surface area contributed by atoms with Crippen molar-refractivity contribution in [1.29, 1.82) is 0 Å². The van der Waals surface area contributed by atoms with Crippen LogP contribution < -0.4 is 28.4 Å². The van der Waals surface area contributed by atoms with Crippen LogP contribution in [0.2, 0.25) is 0 Å². The van der Waals surface area contributed by atoms with Crippen LogP contribution in [0.15, 0.2) is 36.4 Å². The van der Waals surface area contributed by atoms with Gasteiger partial charge in [0, 0.05) is 69.8 Å². The van der Waals surface area contributed by atoms with Crippen LogP contribution in [0.4, 0.5) is 0 Å². The van der Waals surface area contributed by atoms with E-state index < -0.39 is 0 Å². The number of hydrogen-bond donors (Lipinski definition) is 0. The molecule has 4 rings (SSSR count). The van der Waals surface area contributed by atoms with Crippen LogP contribution in [0.5, 0.6) is 34.5 Å². The first-order valence-corrected chi connectivity index (χ1v) is 27.6. The fraction of sp³-hybridized carbons (Fsp3) is 0.619. The van der Waals surface area contributed by atoms with Crippen molar-refractivity contribution >= 4 is 0 Å². The third-order valence-electron chi connectivity index (χ3n) is 12.7. The fourth-order valence-corrected chi connectivity index (χ4v) is 8.12. The van der Waals surface area contributed by atoms with E-state index in [0.717, 1.165) is 110 Å². The number of ether oxygens (including phenoxy) is 6. The highest BCUT2D eigenvalue weighted by Gasteiger charge is 2.18. The zero-order valence-electron chi connectivity index (χ0n) is 44.7. The second-order valence-electron chi connectivity index (χ2n) is 19.7. The Morgan fingerprint density at radius 2 is 0.507 bits per heavy atom. The smallest absolute Gasteiger partial charge is 0.162 e. The van der Waals surface area contributed by atoms with E-state index in [1.54, 1.807) is 0 Å². The summed E-state index contributed by atoms with van der Waals surface area (Å²) in [5.74, 6) is 26.7. The van der Waals surface area contributed by atoms with Crippen molar-refractivity contribution in [2.24, 2.45) is 17.8 Å². The topological polar surface area (TPSA) is 55.4 Å². The quantitative estimate of drug-likeness (QED) is 0.0334. The highest BCUT2D eigenvalue weighted by Crippen LogP contribution is 2.36. The van der Waals surface area contributed by atoms with Gasteiger partial charge in [-0.15, -0.1) is 0 Å². The SMILES string of the molecule is CCCCCCOc1cc2c(cc1OC[C@@H](C)CCCC)C#Cc1cc(OCCCCCC)c(OC[C@@H](C)CCCC)cc1C#Cc1cc(OCCCCCC)c(OC[C@@H](C)CCCC)cc1C#C2. The molecule has 0 N–H and O–H groups in total. The summed E-state index contributed by atoms with van der Waals surface area (Å²) >= 11 is 0. The maximum Gasteiger partial charge on any atom is 0.162 e. The van der Waals surface area contributed by atoms with Crippen molar-refractivity contribution in [3.05, 3.63) is 69.8 Å². The summed E-state index contributed by atoms with van der Waals surface area (Å²) in [6.45, 7) is 23.8. The molecule has 0 fully saturated rings. The van der Waals surface area contributed by atoms with E-state index in [-0.39, 0.29) is 0 Å². The zero-order chi connectivity index (χ0) is 49.5. The molecule has 0 radical (unpaired) electrons. The largest absolute Gasteiger partial charge is 0.490 e. The fourth-order valence-electron chi connectivity index (χ4n) is 8.12. The first-order chi connectivity index (χ1) is 33.7. The molecule has 0 saturated heterocycles. The minimum Gasteiger partial charge on any atom is -0.490 e. The Labute approximate surface area is 421 Å². The molecule has 3 atom stereocenters. The molecule has 0 bridgehead atoms. The lowest BCUT2D eigenvalue weighted by molar-refractivity contribution is 0.228. The van der Waals surface area contributed by atoms with Crippen molar-refractivity contribution in [3.8, 4) is 70.0 Å². The highest BCUT2D eigenvalue weighted by atomic mass is 16.5. The van der Waals surface area contributed by atoms with E-state index in [2.05, 4.69) is 97.8 Å². The Bertz CT molecular complexity index is 1890. The maximum atomic E-state index is 6.64. The van der Waals surface area contributed by atoms with Gasteiger partial charge in [0.2, 0.25) is 0 Å². The maximum absolute atomic E-state index is 6.64. The van der Waals surface area contributed by atoms with Crippen LogP contribution in [-0.4, -0.2) is 39.6 Å². The van der Waals surface area contributed by atoms with E-state index in [1.807, 2.05) is 36.4 Å². The van der Waals surface area contributed by atoms with Gasteiger partial charge in [-0.3, -0.25) is 0 Å². The molecule has 0 saturated carbocycles. The van der Waals surface area contributed by atoms with E-state index in [1.165, 1.54) is 57.8 Å². The number of unbranched alkanes of at least 4 members (excludes halogenated alkanes) is 12. The monoisotopic (exact) mass is 943 g/mol. The van der Waals surface area contributed by atoms with Crippen LogP contribution in [0.25, 0.3) is 0 Å². The molecule has 1 aliphatic rings. The molecule has 0 amide bonds. The van der Waals surface area contributed by atoms with E-state index >= 15 is 0 Å². The lowest BCUT2D eigenvalue weighted by atomic mass is 10.0. The molecule has 69 heavy (non-hydrogen) atoms. The molecule has 6 nitrogen and oxygen atoms in total. The van der Waals surface area contributed by atoms with Crippen LogP contribution in [0, 0.1) is 53.3 Å². The molecule has 0 aliphatic heterocycles. The predicted octanol–water partition coefficient (Wildman–Crippen LogP) is 16.7. The van der Waals surface area contributed by atoms with Crippen molar-refractivity contribution in [1.82, 2.24) is 0 Å². The van der Waals surface area contributed by atoms with Crippen LogP contribution >= 0.6 is 0 Å². The molecule has 6 heteroatoms. The van der Waals surface area contributed by atoms with Crippen LogP contribution in [0.3, 0.4) is 0 Å². The molecule has 3 aromatic rings. The molecule has 378 valence electrons. The predicted molar refractivity (Wildman–Crippen MR) is 289 cm³/mol. The molecule has 1 aliphatic carbocycles. The van der Waals surface area contributed by atoms with E-state index in [0.29, 0.717) is 91.9 Å². The normalized spacial score (nSPS) is 12.7. The Morgan fingerprint density at radius 1 is 0.290 bits per heavy atom. The summed E-state index contributed by atoms with van der Waals surface area (Å²) in [7, 11) is 0. The van der Waals surface area contributed by atoms with Gasteiger partial charge in [-0.2, -0.15) is 0 Å². The number of hydrogen-bond acceptors (Lipinski definition) is 6. The zero-order valence-corrected chi connectivity index (χ0v) is 44.7. The van der Waals surface area contributed by atoms with Gasteiger partial charge in [-0.1, -0.05) is 194 Å². The average Bonchev–Trinajstić information content (AvgIpc) is 3.35. The second kappa shape index (κ2) is 33.6. The second-order valence-corrected chi connectivity index (χ2v) is 19.7. The van der Waals surface area contributed by atoms with Crippen molar-refractivity contribution in [2.45, 2.75) is 197 Å². The minimum absolute atomic E-state index is 0.402. The summed E-state index contributed by atoms with van der Waals surface area (Å²) in [4.78, 5) is 0. The Kier molecular flexibility index (Phi) is 27.7. The standard InChI is InChI=1S/C63H90O6/c1-10-16-22-25-37-64-58-40-52-31-34-56-44-62(68-47-50(8)29-20-14-5)60(66-39-27-24-18-12-3)42-54(56)33-36-57-45-63(69-48-51(9)30-21-15-6)59(65-38-26-23-17-11-2)41-53(57)32-35-55(52)43-61(58)67-46-49(7)28-19-13-4/h40-45,49-51H,10-30,37-39,46-48H2,1-9H3/t49-,50-,51-/m0/s1. The molecular formula is C63H90O6. The van der Waals surface area contributed by atoms with E-state index in [4.69, 9.17) is 28.4 Å². The number of rotatable bonds is 36. The first kappa shape index (κ1) is 56.7. The third kappa shape index (κ3) is 21.0. The lowest BCUT2D eigenvalue weighted by Crippen LogP contribution is -2.10. The van der Waals surface area contributed by atoms with Gasteiger partial charge >= 0.3 is 0 Å². The van der Waals surface area contributed by atoms with Gasteiger partial charge in [0.1, 0.15) is 0 Å². The van der Waals surface area contributed by atoms with E-state index in [9.17, 15) is 0 Å². The number of fused-ring (bicyclic) bond motifs is 3. The Balaban J connectivity index is 1.97.